The van der Waals surface area contributed by atoms with Crippen LogP contribution < -0.4 is 4.74 Å². The van der Waals surface area contributed by atoms with Gasteiger partial charge in [0.05, 0.1) is 5.92 Å². The fraction of sp³-hybridized carbons (Fsp3) is 0.759. The third kappa shape index (κ3) is 9.38. The first-order valence-electron chi connectivity index (χ1n) is 13.4. The highest BCUT2D eigenvalue weighted by Crippen LogP contribution is 2.34. The Morgan fingerprint density at radius 2 is 1.55 bits per heavy atom. The molecule has 1 aliphatic rings. The molecule has 0 heterocycles. The summed E-state index contributed by atoms with van der Waals surface area (Å²) in [7, 11) is 0. The van der Waals surface area contributed by atoms with Crippen molar-refractivity contribution in [2.75, 3.05) is 0 Å². The number of unbranched alkanes of at least 4 members (excludes halogenated alkanes) is 1. The normalized spacial score (nSPS) is 20.9. The first kappa shape index (κ1) is 25.9. The summed E-state index contributed by atoms with van der Waals surface area (Å²) in [5.74, 6) is 3.11. The fourth-order valence-electron chi connectivity index (χ4n) is 5.36. The van der Waals surface area contributed by atoms with Crippen molar-refractivity contribution in [3.05, 3.63) is 29.8 Å². The molecule has 2 nitrogen and oxygen atoms in total. The van der Waals surface area contributed by atoms with Gasteiger partial charge in [-0.3, -0.25) is 4.79 Å². The van der Waals surface area contributed by atoms with Gasteiger partial charge in [0.1, 0.15) is 5.75 Å². The highest BCUT2D eigenvalue weighted by Gasteiger charge is 2.27. The molecule has 1 saturated carbocycles. The Balaban J connectivity index is 1.74. The fourth-order valence-corrected chi connectivity index (χ4v) is 5.36. The van der Waals surface area contributed by atoms with E-state index < -0.39 is 0 Å². The molecule has 1 aliphatic carbocycles. The second-order valence-corrected chi connectivity index (χ2v) is 10.2. The molecule has 2 atom stereocenters. The van der Waals surface area contributed by atoms with Crippen LogP contribution in [0, 0.1) is 17.8 Å². The smallest absolute Gasteiger partial charge is 0.314 e. The third-order valence-corrected chi connectivity index (χ3v) is 7.38. The minimum atomic E-state index is -0.0149. The monoisotopic (exact) mass is 428 g/mol. The van der Waals surface area contributed by atoms with E-state index in [1.807, 2.05) is 12.1 Å². The molecule has 2 unspecified atom stereocenters. The summed E-state index contributed by atoms with van der Waals surface area (Å²) in [6.07, 6.45) is 17.3. The van der Waals surface area contributed by atoms with Gasteiger partial charge < -0.3 is 4.74 Å². The van der Waals surface area contributed by atoms with E-state index in [0.29, 0.717) is 11.7 Å². The van der Waals surface area contributed by atoms with Crippen molar-refractivity contribution in [1.82, 2.24) is 0 Å². The second-order valence-electron chi connectivity index (χ2n) is 10.2. The Bertz CT molecular complexity index is 598. The molecular formula is C29H48O2. The zero-order valence-corrected chi connectivity index (χ0v) is 20.8. The number of hydrogen-bond acceptors (Lipinski definition) is 2. The lowest BCUT2D eigenvalue weighted by atomic mass is 9.79. The number of carbonyl (C=O) groups excluding carboxylic acids is 1. The van der Waals surface area contributed by atoms with E-state index >= 15 is 0 Å². The third-order valence-electron chi connectivity index (χ3n) is 7.38. The maximum atomic E-state index is 12.7. The number of hydrogen-bond donors (Lipinski definition) is 0. The van der Waals surface area contributed by atoms with Crippen molar-refractivity contribution < 1.29 is 9.53 Å². The van der Waals surface area contributed by atoms with Crippen LogP contribution in [-0.4, -0.2) is 5.97 Å². The summed E-state index contributed by atoms with van der Waals surface area (Å²) < 4.78 is 5.77. The lowest BCUT2D eigenvalue weighted by Gasteiger charge is -2.27. The van der Waals surface area contributed by atoms with Gasteiger partial charge in [-0.15, -0.1) is 0 Å². The van der Waals surface area contributed by atoms with Crippen LogP contribution in [0.5, 0.6) is 5.75 Å². The summed E-state index contributed by atoms with van der Waals surface area (Å²) in [5, 5.41) is 0. The van der Waals surface area contributed by atoms with Crippen LogP contribution in [0.25, 0.3) is 0 Å². The van der Waals surface area contributed by atoms with E-state index in [1.54, 1.807) is 0 Å². The topological polar surface area (TPSA) is 26.3 Å². The van der Waals surface area contributed by atoms with Gasteiger partial charge in [0.15, 0.2) is 0 Å². The standard InChI is InChI=1S/C29H48O2/c1-5-8-14-25(11-7-3)26-19-21-28(22-20-26)31-29(30)27-17-15-24(16-18-27)13-9-12-23(4)10-6-2/h19-25,27H,5-18H2,1-4H3. The van der Waals surface area contributed by atoms with Crippen LogP contribution >= 0.6 is 0 Å². The maximum absolute atomic E-state index is 12.7. The van der Waals surface area contributed by atoms with E-state index in [-0.39, 0.29) is 11.9 Å². The molecule has 1 fully saturated rings. The summed E-state index contributed by atoms with van der Waals surface area (Å²) in [6.45, 7) is 9.18. The average molecular weight is 429 g/mol. The van der Waals surface area contributed by atoms with Gasteiger partial charge >= 0.3 is 5.97 Å². The molecule has 176 valence electrons. The Hall–Kier alpha value is -1.31. The lowest BCUT2D eigenvalue weighted by molar-refractivity contribution is -0.140. The molecule has 0 aromatic heterocycles. The molecule has 0 saturated heterocycles. The predicted molar refractivity (Wildman–Crippen MR) is 133 cm³/mol. The Morgan fingerprint density at radius 1 is 0.871 bits per heavy atom. The SMILES string of the molecule is CCCCC(CCC)c1ccc(OC(=O)C2CCC(CCCC(C)CCC)CC2)cc1. The quantitative estimate of drug-likeness (QED) is 0.218. The maximum Gasteiger partial charge on any atom is 0.314 e. The summed E-state index contributed by atoms with van der Waals surface area (Å²) in [6, 6.07) is 8.36. The van der Waals surface area contributed by atoms with Gasteiger partial charge in [0, 0.05) is 0 Å². The molecule has 2 heteroatoms. The van der Waals surface area contributed by atoms with E-state index in [0.717, 1.165) is 24.7 Å². The van der Waals surface area contributed by atoms with Crippen molar-refractivity contribution >= 4 is 5.97 Å². The van der Waals surface area contributed by atoms with E-state index in [9.17, 15) is 4.79 Å². The highest BCUT2D eigenvalue weighted by atomic mass is 16.5. The number of benzene rings is 1. The number of ether oxygens (including phenoxy) is 1. The number of rotatable bonds is 14. The molecule has 1 aromatic rings. The Kier molecular flexibility index (Phi) is 12.3. The zero-order chi connectivity index (χ0) is 22.5. The van der Waals surface area contributed by atoms with Crippen LogP contribution in [0.4, 0.5) is 0 Å². The van der Waals surface area contributed by atoms with Crippen LogP contribution in [0.3, 0.4) is 0 Å². The number of carbonyl (C=O) groups is 1. The molecule has 0 N–H and O–H groups in total. The molecule has 1 aromatic carbocycles. The van der Waals surface area contributed by atoms with Crippen molar-refractivity contribution in [1.29, 1.82) is 0 Å². The molecule has 31 heavy (non-hydrogen) atoms. The van der Waals surface area contributed by atoms with Crippen molar-refractivity contribution in [3.63, 3.8) is 0 Å². The van der Waals surface area contributed by atoms with Crippen LogP contribution in [-0.2, 0) is 4.79 Å². The molecule has 0 bridgehead atoms. The van der Waals surface area contributed by atoms with E-state index in [1.165, 1.54) is 82.6 Å². The van der Waals surface area contributed by atoms with Gasteiger partial charge in [-0.2, -0.15) is 0 Å². The number of esters is 1. The minimum Gasteiger partial charge on any atom is -0.426 e. The molecule has 0 amide bonds. The zero-order valence-electron chi connectivity index (χ0n) is 20.8. The van der Waals surface area contributed by atoms with Gasteiger partial charge in [-0.25, -0.2) is 0 Å². The first-order valence-corrected chi connectivity index (χ1v) is 13.4. The van der Waals surface area contributed by atoms with Crippen LogP contribution in [0.15, 0.2) is 24.3 Å². The van der Waals surface area contributed by atoms with Crippen molar-refractivity contribution in [3.8, 4) is 5.75 Å². The van der Waals surface area contributed by atoms with Crippen LogP contribution in [0.1, 0.15) is 129 Å². The van der Waals surface area contributed by atoms with Crippen LogP contribution in [0.2, 0.25) is 0 Å². The van der Waals surface area contributed by atoms with Gasteiger partial charge in [-0.05, 0) is 74.0 Å². The van der Waals surface area contributed by atoms with E-state index in [4.69, 9.17) is 4.74 Å². The highest BCUT2D eigenvalue weighted by molar-refractivity contribution is 5.75. The molecular weight excluding hydrogens is 380 g/mol. The summed E-state index contributed by atoms with van der Waals surface area (Å²) in [5.41, 5.74) is 1.39. The average Bonchev–Trinajstić information content (AvgIpc) is 2.78. The molecule has 0 radical (unpaired) electrons. The summed E-state index contributed by atoms with van der Waals surface area (Å²) >= 11 is 0. The van der Waals surface area contributed by atoms with Gasteiger partial charge in [0.25, 0.3) is 0 Å². The predicted octanol–water partition coefficient (Wildman–Crippen LogP) is 9.08. The molecule has 0 aliphatic heterocycles. The minimum absolute atomic E-state index is 0.0149. The van der Waals surface area contributed by atoms with Crippen molar-refractivity contribution in [2.24, 2.45) is 17.8 Å². The van der Waals surface area contributed by atoms with E-state index in [2.05, 4.69) is 39.8 Å². The van der Waals surface area contributed by atoms with Gasteiger partial charge in [0.2, 0.25) is 0 Å². The van der Waals surface area contributed by atoms with Gasteiger partial charge in [-0.1, -0.05) is 91.2 Å². The Labute approximate surface area is 192 Å². The molecule has 2 rings (SSSR count). The molecule has 0 spiro atoms. The Morgan fingerprint density at radius 3 is 2.16 bits per heavy atom. The summed E-state index contributed by atoms with van der Waals surface area (Å²) in [4.78, 5) is 12.7. The lowest BCUT2D eigenvalue weighted by Crippen LogP contribution is -2.25. The largest absolute Gasteiger partial charge is 0.426 e. The second kappa shape index (κ2) is 14.7. The first-order chi connectivity index (χ1) is 15.1. The van der Waals surface area contributed by atoms with Crippen molar-refractivity contribution in [2.45, 2.75) is 124 Å².